The molecule has 0 N–H and O–H groups in total. The van der Waals surface area contributed by atoms with E-state index in [2.05, 4.69) is 37.4 Å². The summed E-state index contributed by atoms with van der Waals surface area (Å²) in [7, 11) is 0. The molecule has 0 bridgehead atoms. The summed E-state index contributed by atoms with van der Waals surface area (Å²) < 4.78 is 4.61. The quantitative estimate of drug-likeness (QED) is 0.729. The lowest BCUT2D eigenvalue weighted by atomic mass is 10.2. The Bertz CT molecular complexity index is 837. The van der Waals surface area contributed by atoms with Crippen LogP contribution in [0.1, 0.15) is 19.0 Å². The molecule has 3 aromatic rings. The molecule has 0 aliphatic heterocycles. The van der Waals surface area contributed by atoms with Crippen LogP contribution in [0.25, 0.3) is 10.9 Å². The first-order chi connectivity index (χ1) is 10.2. The Labute approximate surface area is 130 Å². The van der Waals surface area contributed by atoms with Crippen molar-refractivity contribution in [1.82, 2.24) is 19.1 Å². The van der Waals surface area contributed by atoms with E-state index in [0.29, 0.717) is 17.4 Å². The third-order valence-corrected chi connectivity index (χ3v) is 3.88. The van der Waals surface area contributed by atoms with Crippen molar-refractivity contribution in [3.63, 3.8) is 0 Å². The van der Waals surface area contributed by atoms with E-state index in [1.165, 1.54) is 0 Å². The van der Waals surface area contributed by atoms with Gasteiger partial charge in [-0.1, -0.05) is 22.9 Å². The summed E-state index contributed by atoms with van der Waals surface area (Å²) in [5.41, 5.74) is 1.68. The van der Waals surface area contributed by atoms with Gasteiger partial charge in [-0.2, -0.15) is 0 Å². The SMILES string of the molecule is CCCn1cncc1Cn1cnc2cc(Br)ccc2c1=O. The monoisotopic (exact) mass is 346 g/mol. The lowest BCUT2D eigenvalue weighted by molar-refractivity contribution is 0.615. The lowest BCUT2D eigenvalue weighted by Crippen LogP contribution is -2.22. The molecule has 2 aromatic heterocycles. The highest BCUT2D eigenvalue weighted by molar-refractivity contribution is 9.10. The van der Waals surface area contributed by atoms with Gasteiger partial charge in [0.15, 0.2) is 0 Å². The van der Waals surface area contributed by atoms with Gasteiger partial charge in [0.05, 0.1) is 35.8 Å². The van der Waals surface area contributed by atoms with Crippen LogP contribution in [0.5, 0.6) is 0 Å². The summed E-state index contributed by atoms with van der Waals surface area (Å²) in [4.78, 5) is 21.0. The van der Waals surface area contributed by atoms with Crippen LogP contribution in [0.3, 0.4) is 0 Å². The summed E-state index contributed by atoms with van der Waals surface area (Å²) in [6.45, 7) is 3.50. The normalized spacial score (nSPS) is 11.1. The number of hydrogen-bond donors (Lipinski definition) is 0. The molecule has 0 saturated carbocycles. The molecular weight excluding hydrogens is 332 g/mol. The van der Waals surface area contributed by atoms with Gasteiger partial charge in [-0.25, -0.2) is 9.97 Å². The van der Waals surface area contributed by atoms with E-state index in [-0.39, 0.29) is 5.56 Å². The van der Waals surface area contributed by atoms with E-state index in [1.54, 1.807) is 29.5 Å². The molecule has 1 aromatic carbocycles. The molecule has 5 nitrogen and oxygen atoms in total. The minimum absolute atomic E-state index is 0.0308. The topological polar surface area (TPSA) is 52.7 Å². The van der Waals surface area contributed by atoms with Gasteiger partial charge in [-0.05, 0) is 24.6 Å². The maximum Gasteiger partial charge on any atom is 0.261 e. The predicted molar refractivity (Wildman–Crippen MR) is 85.3 cm³/mol. The Morgan fingerprint density at radius 2 is 2.10 bits per heavy atom. The Balaban J connectivity index is 2.01. The molecule has 0 atom stereocenters. The lowest BCUT2D eigenvalue weighted by Gasteiger charge is -2.09. The standard InChI is InChI=1S/C15H15BrN4O/c1-2-5-19-9-17-7-12(19)8-20-10-18-14-6-11(16)3-4-13(14)15(20)21/h3-4,6-7,9-10H,2,5,8H2,1H3. The third-order valence-electron chi connectivity index (χ3n) is 3.38. The van der Waals surface area contributed by atoms with Crippen molar-refractivity contribution >= 4 is 26.8 Å². The maximum atomic E-state index is 12.5. The maximum absolute atomic E-state index is 12.5. The second kappa shape index (κ2) is 5.81. The second-order valence-electron chi connectivity index (χ2n) is 4.92. The number of hydrogen-bond acceptors (Lipinski definition) is 3. The summed E-state index contributed by atoms with van der Waals surface area (Å²) in [6.07, 6.45) is 6.23. The Morgan fingerprint density at radius 1 is 1.24 bits per heavy atom. The van der Waals surface area contributed by atoms with Gasteiger partial charge < -0.3 is 4.57 Å². The Kier molecular flexibility index (Phi) is 3.88. The van der Waals surface area contributed by atoms with Crippen molar-refractivity contribution in [3.8, 4) is 0 Å². The summed E-state index contributed by atoms with van der Waals surface area (Å²) >= 11 is 3.39. The van der Waals surface area contributed by atoms with Gasteiger partial charge in [0.2, 0.25) is 0 Å². The van der Waals surface area contributed by atoms with E-state index in [1.807, 2.05) is 12.1 Å². The van der Waals surface area contributed by atoms with Gasteiger partial charge in [0.25, 0.3) is 5.56 Å². The Hall–Kier alpha value is -1.95. The molecule has 108 valence electrons. The Morgan fingerprint density at radius 3 is 2.90 bits per heavy atom. The highest BCUT2D eigenvalue weighted by Crippen LogP contribution is 2.15. The van der Waals surface area contributed by atoms with E-state index < -0.39 is 0 Å². The number of nitrogens with zero attached hydrogens (tertiary/aromatic N) is 4. The highest BCUT2D eigenvalue weighted by atomic mass is 79.9. The van der Waals surface area contributed by atoms with Crippen LogP contribution in [-0.4, -0.2) is 19.1 Å². The number of imidazole rings is 1. The van der Waals surface area contributed by atoms with Crippen molar-refractivity contribution in [2.45, 2.75) is 26.4 Å². The molecule has 0 fully saturated rings. The molecule has 0 radical (unpaired) electrons. The number of halogens is 1. The van der Waals surface area contributed by atoms with Crippen LogP contribution in [0.15, 0.2) is 46.3 Å². The van der Waals surface area contributed by atoms with Crippen LogP contribution < -0.4 is 5.56 Å². The number of rotatable bonds is 4. The van der Waals surface area contributed by atoms with Crippen LogP contribution >= 0.6 is 15.9 Å². The molecule has 6 heteroatoms. The third kappa shape index (κ3) is 2.76. The van der Waals surface area contributed by atoms with Gasteiger partial charge >= 0.3 is 0 Å². The number of aromatic nitrogens is 4. The molecule has 2 heterocycles. The van der Waals surface area contributed by atoms with Gasteiger partial charge in [-0.15, -0.1) is 0 Å². The highest BCUT2D eigenvalue weighted by Gasteiger charge is 2.07. The van der Waals surface area contributed by atoms with Crippen molar-refractivity contribution in [2.75, 3.05) is 0 Å². The van der Waals surface area contributed by atoms with Crippen molar-refractivity contribution in [1.29, 1.82) is 0 Å². The fourth-order valence-corrected chi connectivity index (χ4v) is 2.69. The minimum Gasteiger partial charge on any atom is -0.333 e. The summed E-state index contributed by atoms with van der Waals surface area (Å²) in [5.74, 6) is 0. The molecule has 0 unspecified atom stereocenters. The first-order valence-electron chi connectivity index (χ1n) is 6.82. The first-order valence-corrected chi connectivity index (χ1v) is 7.62. The van der Waals surface area contributed by atoms with Gasteiger partial charge in [0.1, 0.15) is 0 Å². The van der Waals surface area contributed by atoms with Crippen LogP contribution in [0.4, 0.5) is 0 Å². The molecule has 21 heavy (non-hydrogen) atoms. The van der Waals surface area contributed by atoms with E-state index >= 15 is 0 Å². The van der Waals surface area contributed by atoms with E-state index in [9.17, 15) is 4.79 Å². The number of fused-ring (bicyclic) bond motifs is 1. The second-order valence-corrected chi connectivity index (χ2v) is 5.83. The minimum atomic E-state index is -0.0308. The summed E-state index contributed by atoms with van der Waals surface area (Å²) in [6, 6.07) is 5.51. The molecule has 0 aliphatic rings. The van der Waals surface area contributed by atoms with Crippen LogP contribution in [0, 0.1) is 0 Å². The zero-order valence-electron chi connectivity index (χ0n) is 11.7. The molecule has 0 spiro atoms. The van der Waals surface area contributed by atoms with Crippen molar-refractivity contribution in [3.05, 3.63) is 57.6 Å². The van der Waals surface area contributed by atoms with Crippen LogP contribution in [-0.2, 0) is 13.1 Å². The average molecular weight is 347 g/mol. The molecule has 0 aliphatic carbocycles. The smallest absolute Gasteiger partial charge is 0.261 e. The van der Waals surface area contributed by atoms with Crippen molar-refractivity contribution < 1.29 is 0 Å². The molecule has 3 rings (SSSR count). The molecular formula is C15H15BrN4O. The average Bonchev–Trinajstić information content (AvgIpc) is 2.90. The zero-order valence-corrected chi connectivity index (χ0v) is 13.2. The fraction of sp³-hybridized carbons (Fsp3) is 0.267. The summed E-state index contributed by atoms with van der Waals surface area (Å²) in [5, 5.41) is 0.627. The largest absolute Gasteiger partial charge is 0.333 e. The fourth-order valence-electron chi connectivity index (χ4n) is 2.34. The predicted octanol–water partition coefficient (Wildman–Crippen LogP) is 2.81. The first kappa shape index (κ1) is 14.0. The van der Waals surface area contributed by atoms with E-state index in [4.69, 9.17) is 0 Å². The molecule has 0 saturated heterocycles. The van der Waals surface area contributed by atoms with E-state index in [0.717, 1.165) is 23.1 Å². The zero-order chi connectivity index (χ0) is 14.8. The number of aryl methyl sites for hydroxylation is 1. The van der Waals surface area contributed by atoms with Gasteiger partial charge in [0, 0.05) is 17.2 Å². The van der Waals surface area contributed by atoms with Gasteiger partial charge in [-0.3, -0.25) is 9.36 Å². The number of benzene rings is 1. The van der Waals surface area contributed by atoms with Crippen molar-refractivity contribution in [2.24, 2.45) is 0 Å². The van der Waals surface area contributed by atoms with Crippen LogP contribution in [0.2, 0.25) is 0 Å². The molecule has 0 amide bonds.